The van der Waals surface area contributed by atoms with Crippen LogP contribution in [0.1, 0.15) is 24.5 Å². The first-order valence-electron chi connectivity index (χ1n) is 5.50. The average Bonchev–Trinajstić information content (AvgIpc) is 2.67. The summed E-state index contributed by atoms with van der Waals surface area (Å²) >= 11 is 1.64. The summed E-state index contributed by atoms with van der Waals surface area (Å²) < 4.78 is 10.4. The van der Waals surface area contributed by atoms with Crippen molar-refractivity contribution in [3.63, 3.8) is 0 Å². The van der Waals surface area contributed by atoms with Gasteiger partial charge in [-0.1, -0.05) is 0 Å². The van der Waals surface area contributed by atoms with E-state index in [1.54, 1.807) is 18.4 Å². The summed E-state index contributed by atoms with van der Waals surface area (Å²) in [6.07, 6.45) is 0.252. The van der Waals surface area contributed by atoms with Crippen molar-refractivity contribution in [1.82, 2.24) is 10.3 Å². The molecule has 0 saturated carbocycles. The molecule has 1 aromatic heterocycles. The second kappa shape index (κ2) is 7.73. The van der Waals surface area contributed by atoms with Crippen molar-refractivity contribution in [2.75, 3.05) is 20.3 Å². The van der Waals surface area contributed by atoms with E-state index in [-0.39, 0.29) is 6.10 Å². The van der Waals surface area contributed by atoms with Crippen molar-refractivity contribution < 1.29 is 9.47 Å². The van der Waals surface area contributed by atoms with Crippen molar-refractivity contribution in [2.45, 2.75) is 33.1 Å². The highest BCUT2D eigenvalue weighted by Crippen LogP contribution is 2.10. The molecule has 1 rings (SSSR count). The Kier molecular flexibility index (Phi) is 6.56. The molecule has 1 atom stereocenters. The van der Waals surface area contributed by atoms with Crippen LogP contribution in [0.4, 0.5) is 0 Å². The largest absolute Gasteiger partial charge is 0.378 e. The van der Waals surface area contributed by atoms with Crippen molar-refractivity contribution in [2.24, 2.45) is 0 Å². The molecule has 0 aliphatic heterocycles. The molecular formula is C11H20N2O2S. The maximum absolute atomic E-state index is 5.42. The molecule has 0 aliphatic rings. The van der Waals surface area contributed by atoms with Crippen molar-refractivity contribution in [1.29, 1.82) is 0 Å². The van der Waals surface area contributed by atoms with Gasteiger partial charge in [-0.05, 0) is 13.8 Å². The Morgan fingerprint density at radius 2 is 2.38 bits per heavy atom. The van der Waals surface area contributed by atoms with Crippen LogP contribution in [0.2, 0.25) is 0 Å². The molecular weight excluding hydrogens is 224 g/mol. The number of hydrogen-bond acceptors (Lipinski definition) is 5. The molecule has 0 fully saturated rings. The van der Waals surface area contributed by atoms with E-state index in [4.69, 9.17) is 9.47 Å². The molecule has 16 heavy (non-hydrogen) atoms. The summed E-state index contributed by atoms with van der Waals surface area (Å²) in [5.74, 6) is 0. The van der Waals surface area contributed by atoms with Crippen LogP contribution in [0.15, 0.2) is 5.38 Å². The highest BCUT2D eigenvalue weighted by atomic mass is 32.1. The first-order valence-corrected chi connectivity index (χ1v) is 6.38. The molecule has 0 amide bonds. The minimum Gasteiger partial charge on any atom is -0.378 e. The fourth-order valence-corrected chi connectivity index (χ4v) is 2.13. The van der Waals surface area contributed by atoms with Crippen LogP contribution in [-0.4, -0.2) is 31.3 Å². The van der Waals surface area contributed by atoms with Gasteiger partial charge in [-0.15, -0.1) is 11.3 Å². The Morgan fingerprint density at radius 3 is 3.06 bits per heavy atom. The third-order valence-corrected chi connectivity index (χ3v) is 2.93. The Balaban J connectivity index is 2.21. The molecule has 0 aliphatic carbocycles. The molecule has 1 N–H and O–H groups in total. The minimum atomic E-state index is 0.252. The third kappa shape index (κ3) is 5.03. The van der Waals surface area contributed by atoms with Gasteiger partial charge < -0.3 is 14.8 Å². The normalized spacial score (nSPS) is 12.9. The average molecular weight is 244 g/mol. The predicted octanol–water partition coefficient (Wildman–Crippen LogP) is 1.80. The van der Waals surface area contributed by atoms with Crippen LogP contribution in [-0.2, 0) is 22.6 Å². The molecule has 4 nitrogen and oxygen atoms in total. The number of thiazole rings is 1. The summed E-state index contributed by atoms with van der Waals surface area (Å²) in [6.45, 7) is 7.07. The number of nitrogens with zero attached hydrogens (tertiary/aromatic N) is 1. The Hall–Kier alpha value is -0.490. The van der Waals surface area contributed by atoms with Gasteiger partial charge in [0.05, 0.1) is 18.4 Å². The fourth-order valence-electron chi connectivity index (χ4n) is 1.37. The topological polar surface area (TPSA) is 43.4 Å². The van der Waals surface area contributed by atoms with Gasteiger partial charge in [0.25, 0.3) is 0 Å². The second-order valence-electron chi connectivity index (χ2n) is 3.56. The van der Waals surface area contributed by atoms with E-state index in [0.717, 1.165) is 30.4 Å². The summed E-state index contributed by atoms with van der Waals surface area (Å²) in [5, 5.41) is 6.41. The zero-order valence-corrected chi connectivity index (χ0v) is 11.0. The summed E-state index contributed by atoms with van der Waals surface area (Å²) in [4.78, 5) is 4.43. The Bertz CT molecular complexity index is 291. The van der Waals surface area contributed by atoms with E-state index in [9.17, 15) is 0 Å². The van der Waals surface area contributed by atoms with E-state index in [1.165, 1.54) is 0 Å². The van der Waals surface area contributed by atoms with E-state index in [0.29, 0.717) is 6.61 Å². The highest BCUT2D eigenvalue weighted by Gasteiger charge is 2.03. The van der Waals surface area contributed by atoms with Crippen LogP contribution < -0.4 is 5.32 Å². The van der Waals surface area contributed by atoms with Crippen molar-refractivity contribution in [3.05, 3.63) is 16.1 Å². The SMILES string of the molecule is CCOC(C)CNCc1csc(COC)n1. The molecule has 0 radical (unpaired) electrons. The first kappa shape index (κ1) is 13.6. The lowest BCUT2D eigenvalue weighted by molar-refractivity contribution is 0.0759. The van der Waals surface area contributed by atoms with Crippen LogP contribution in [0.5, 0.6) is 0 Å². The van der Waals surface area contributed by atoms with Crippen LogP contribution >= 0.6 is 11.3 Å². The molecule has 0 saturated heterocycles. The number of nitrogens with one attached hydrogen (secondary N) is 1. The van der Waals surface area contributed by atoms with Gasteiger partial charge in [-0.2, -0.15) is 0 Å². The number of hydrogen-bond donors (Lipinski definition) is 1. The molecule has 1 unspecified atom stereocenters. The lowest BCUT2D eigenvalue weighted by Gasteiger charge is -2.11. The van der Waals surface area contributed by atoms with Crippen molar-refractivity contribution >= 4 is 11.3 Å². The second-order valence-corrected chi connectivity index (χ2v) is 4.51. The van der Waals surface area contributed by atoms with Gasteiger partial charge in [0.1, 0.15) is 5.01 Å². The third-order valence-electron chi connectivity index (χ3n) is 2.06. The highest BCUT2D eigenvalue weighted by molar-refractivity contribution is 7.09. The smallest absolute Gasteiger partial charge is 0.119 e. The number of ether oxygens (including phenoxy) is 2. The van der Waals surface area contributed by atoms with E-state index >= 15 is 0 Å². The van der Waals surface area contributed by atoms with Crippen LogP contribution in [0, 0.1) is 0 Å². The standard InChI is InChI=1S/C11H20N2O2S/c1-4-15-9(2)5-12-6-10-8-16-11(13-10)7-14-3/h8-9,12H,4-7H2,1-3H3. The maximum Gasteiger partial charge on any atom is 0.119 e. The van der Waals surface area contributed by atoms with Gasteiger partial charge in [-0.25, -0.2) is 4.98 Å². The molecule has 5 heteroatoms. The van der Waals surface area contributed by atoms with Crippen molar-refractivity contribution in [3.8, 4) is 0 Å². The molecule has 0 aromatic carbocycles. The number of rotatable bonds is 8. The minimum absolute atomic E-state index is 0.252. The fraction of sp³-hybridized carbons (Fsp3) is 0.727. The lowest BCUT2D eigenvalue weighted by atomic mass is 10.4. The number of methoxy groups -OCH3 is 1. The van der Waals surface area contributed by atoms with Gasteiger partial charge in [0.2, 0.25) is 0 Å². The lowest BCUT2D eigenvalue weighted by Crippen LogP contribution is -2.26. The van der Waals surface area contributed by atoms with Gasteiger partial charge >= 0.3 is 0 Å². The van der Waals surface area contributed by atoms with Gasteiger partial charge in [0, 0.05) is 32.2 Å². The summed E-state index contributed by atoms with van der Waals surface area (Å²) in [5.41, 5.74) is 1.07. The van der Waals surface area contributed by atoms with Crippen LogP contribution in [0.3, 0.4) is 0 Å². The van der Waals surface area contributed by atoms with Crippen LogP contribution in [0.25, 0.3) is 0 Å². The first-order chi connectivity index (χ1) is 7.76. The monoisotopic (exact) mass is 244 g/mol. The summed E-state index contributed by atoms with van der Waals surface area (Å²) in [6, 6.07) is 0. The summed E-state index contributed by atoms with van der Waals surface area (Å²) in [7, 11) is 1.68. The van der Waals surface area contributed by atoms with Gasteiger partial charge in [0.15, 0.2) is 0 Å². The number of aromatic nitrogens is 1. The van der Waals surface area contributed by atoms with E-state index < -0.39 is 0 Å². The molecule has 1 aromatic rings. The van der Waals surface area contributed by atoms with Gasteiger partial charge in [-0.3, -0.25) is 0 Å². The molecule has 92 valence electrons. The Labute approximate surface area is 101 Å². The zero-order chi connectivity index (χ0) is 11.8. The quantitative estimate of drug-likeness (QED) is 0.757. The molecule has 1 heterocycles. The van der Waals surface area contributed by atoms with E-state index in [2.05, 4.69) is 22.6 Å². The van der Waals surface area contributed by atoms with E-state index in [1.807, 2.05) is 6.92 Å². The zero-order valence-electron chi connectivity index (χ0n) is 10.2. The maximum atomic E-state index is 5.42. The Morgan fingerprint density at radius 1 is 1.56 bits per heavy atom. The predicted molar refractivity (Wildman–Crippen MR) is 65.6 cm³/mol. The molecule has 0 bridgehead atoms. The molecule has 0 spiro atoms.